The predicted octanol–water partition coefficient (Wildman–Crippen LogP) is 2.48. The minimum absolute atomic E-state index is 0.456. The highest BCUT2D eigenvalue weighted by Gasteiger charge is 2.10. The molecular weight excluding hydrogens is 264 g/mol. The summed E-state index contributed by atoms with van der Waals surface area (Å²) in [5.41, 5.74) is 6.55. The van der Waals surface area contributed by atoms with Crippen molar-refractivity contribution in [3.8, 4) is 5.88 Å². The van der Waals surface area contributed by atoms with Crippen LogP contribution in [0.3, 0.4) is 0 Å². The fourth-order valence-electron chi connectivity index (χ4n) is 1.99. The maximum absolute atomic E-state index is 5.94. The van der Waals surface area contributed by atoms with E-state index in [1.165, 1.54) is 0 Å². The lowest BCUT2D eigenvalue weighted by molar-refractivity contribution is 0.263. The molecule has 21 heavy (non-hydrogen) atoms. The average Bonchev–Trinajstić information content (AvgIpc) is 2.42. The summed E-state index contributed by atoms with van der Waals surface area (Å²) >= 11 is 0. The third-order valence-corrected chi connectivity index (χ3v) is 3.17. The van der Waals surface area contributed by atoms with Gasteiger partial charge in [-0.05, 0) is 52.0 Å². The molecule has 1 aromatic rings. The summed E-state index contributed by atoms with van der Waals surface area (Å²) in [6.07, 6.45) is 1.11. The molecule has 0 saturated carbocycles. The molecule has 0 aromatic carbocycles. The highest BCUT2D eigenvalue weighted by Crippen LogP contribution is 2.23. The van der Waals surface area contributed by atoms with Gasteiger partial charge in [0.05, 0.1) is 12.3 Å². The molecule has 1 aromatic heterocycles. The van der Waals surface area contributed by atoms with Gasteiger partial charge in [-0.15, -0.1) is 0 Å². The van der Waals surface area contributed by atoms with E-state index in [9.17, 15) is 0 Å². The fraction of sp³-hybridized carbons (Fsp3) is 0.688. The summed E-state index contributed by atoms with van der Waals surface area (Å²) in [5.74, 6) is 1.94. The Labute approximate surface area is 129 Å². The molecule has 0 unspecified atom stereocenters. The van der Waals surface area contributed by atoms with E-state index in [2.05, 4.69) is 49.7 Å². The van der Waals surface area contributed by atoms with Gasteiger partial charge in [0.2, 0.25) is 5.88 Å². The lowest BCUT2D eigenvalue weighted by Crippen LogP contribution is -2.28. The van der Waals surface area contributed by atoms with Crippen LogP contribution >= 0.6 is 0 Å². The van der Waals surface area contributed by atoms with Crippen LogP contribution in [0.25, 0.3) is 0 Å². The smallest absolute Gasteiger partial charge is 0.239 e. The molecule has 1 rings (SSSR count). The third-order valence-electron chi connectivity index (χ3n) is 3.17. The largest absolute Gasteiger partial charge is 0.476 e. The number of nitrogen functional groups attached to an aromatic ring is 1. The predicted molar refractivity (Wildman–Crippen MR) is 90.0 cm³/mol. The average molecular weight is 294 g/mol. The maximum atomic E-state index is 5.94. The summed E-state index contributed by atoms with van der Waals surface area (Å²) in [5, 5.41) is 0. The van der Waals surface area contributed by atoms with Gasteiger partial charge in [-0.25, -0.2) is 0 Å². The van der Waals surface area contributed by atoms with Gasteiger partial charge in [-0.3, -0.25) is 0 Å². The molecule has 0 amide bonds. The third kappa shape index (κ3) is 6.21. The van der Waals surface area contributed by atoms with E-state index >= 15 is 0 Å². The van der Waals surface area contributed by atoms with Crippen molar-refractivity contribution in [1.29, 1.82) is 0 Å². The molecule has 0 radical (unpaired) electrons. The number of hydrogen-bond acceptors (Lipinski definition) is 5. The molecule has 0 fully saturated rings. The number of nitrogens with two attached hydrogens (primary N) is 1. The van der Waals surface area contributed by atoms with Crippen LogP contribution in [0, 0.1) is 5.92 Å². The molecule has 0 bridgehead atoms. The molecule has 2 N–H and O–H groups in total. The van der Waals surface area contributed by atoms with Crippen molar-refractivity contribution < 1.29 is 4.74 Å². The second-order valence-electron chi connectivity index (χ2n) is 6.01. The van der Waals surface area contributed by atoms with Gasteiger partial charge >= 0.3 is 0 Å². The van der Waals surface area contributed by atoms with E-state index in [4.69, 9.17) is 10.5 Å². The topological polar surface area (TPSA) is 54.6 Å². The van der Waals surface area contributed by atoms with Crippen molar-refractivity contribution in [3.05, 3.63) is 12.1 Å². The number of anilines is 2. The summed E-state index contributed by atoms with van der Waals surface area (Å²) in [4.78, 5) is 9.03. The van der Waals surface area contributed by atoms with Gasteiger partial charge < -0.3 is 20.3 Å². The lowest BCUT2D eigenvalue weighted by Gasteiger charge is -2.23. The first-order valence-electron chi connectivity index (χ1n) is 7.73. The Hall–Kier alpha value is -1.49. The monoisotopic (exact) mass is 294 g/mol. The molecule has 0 aliphatic carbocycles. The summed E-state index contributed by atoms with van der Waals surface area (Å²) in [7, 11) is 4.19. The molecule has 1 heterocycles. The van der Waals surface area contributed by atoms with Gasteiger partial charge in [0.1, 0.15) is 5.82 Å². The molecule has 0 spiro atoms. The number of nitrogens with zero attached hydrogens (tertiary/aromatic N) is 3. The Morgan fingerprint density at radius 2 is 1.95 bits per heavy atom. The first kappa shape index (κ1) is 17.6. The van der Waals surface area contributed by atoms with E-state index in [0.29, 0.717) is 24.1 Å². The van der Waals surface area contributed by atoms with Crippen LogP contribution in [0.1, 0.15) is 27.2 Å². The first-order chi connectivity index (χ1) is 9.93. The van der Waals surface area contributed by atoms with Crippen LogP contribution in [0.15, 0.2) is 12.1 Å². The Morgan fingerprint density at radius 3 is 2.52 bits per heavy atom. The van der Waals surface area contributed by atoms with Crippen molar-refractivity contribution >= 4 is 11.5 Å². The maximum Gasteiger partial charge on any atom is 0.239 e. The second-order valence-corrected chi connectivity index (χ2v) is 6.01. The van der Waals surface area contributed by atoms with Gasteiger partial charge in [0, 0.05) is 13.1 Å². The zero-order valence-corrected chi connectivity index (χ0v) is 14.1. The van der Waals surface area contributed by atoms with Crippen molar-refractivity contribution in [2.24, 2.45) is 5.92 Å². The molecule has 120 valence electrons. The van der Waals surface area contributed by atoms with Crippen molar-refractivity contribution in [1.82, 2.24) is 9.88 Å². The van der Waals surface area contributed by atoms with Crippen molar-refractivity contribution in [2.75, 3.05) is 51.0 Å². The van der Waals surface area contributed by atoms with Crippen LogP contribution in [-0.2, 0) is 0 Å². The minimum atomic E-state index is 0.456. The Morgan fingerprint density at radius 1 is 1.24 bits per heavy atom. The van der Waals surface area contributed by atoms with Crippen LogP contribution in [-0.4, -0.2) is 50.2 Å². The normalized spacial score (nSPS) is 11.2. The number of hydrogen-bond donors (Lipinski definition) is 1. The second kappa shape index (κ2) is 8.72. The molecule has 0 aliphatic rings. The van der Waals surface area contributed by atoms with Crippen LogP contribution in [0.5, 0.6) is 5.88 Å². The zero-order chi connectivity index (χ0) is 15.8. The standard InChI is InChI=1S/C16H30N4O/c1-6-20(11-7-10-19(4)5)15-9-8-14(17)16(18-15)21-12-13(2)3/h8-9,13H,6-7,10-12,17H2,1-5H3. The SMILES string of the molecule is CCN(CCCN(C)C)c1ccc(N)c(OCC(C)C)n1. The molecule has 0 aliphatic heterocycles. The Kier molecular flexibility index (Phi) is 7.29. The number of ether oxygens (including phenoxy) is 1. The fourth-order valence-corrected chi connectivity index (χ4v) is 1.99. The van der Waals surface area contributed by atoms with Crippen molar-refractivity contribution in [2.45, 2.75) is 27.2 Å². The van der Waals surface area contributed by atoms with Crippen LogP contribution in [0.2, 0.25) is 0 Å². The number of rotatable bonds is 9. The Bertz CT molecular complexity index is 421. The summed E-state index contributed by atoms with van der Waals surface area (Å²) in [6.45, 7) is 9.97. The minimum Gasteiger partial charge on any atom is -0.476 e. The van der Waals surface area contributed by atoms with E-state index in [1.807, 2.05) is 12.1 Å². The van der Waals surface area contributed by atoms with Gasteiger partial charge in [0.15, 0.2) is 0 Å². The summed E-state index contributed by atoms with van der Waals surface area (Å²) in [6, 6.07) is 3.85. The van der Waals surface area contributed by atoms with E-state index < -0.39 is 0 Å². The molecular formula is C16H30N4O. The van der Waals surface area contributed by atoms with Crippen molar-refractivity contribution in [3.63, 3.8) is 0 Å². The highest BCUT2D eigenvalue weighted by atomic mass is 16.5. The Balaban J connectivity index is 2.72. The zero-order valence-electron chi connectivity index (χ0n) is 14.1. The number of aromatic nitrogens is 1. The lowest BCUT2D eigenvalue weighted by atomic mass is 10.2. The van der Waals surface area contributed by atoms with E-state index in [0.717, 1.165) is 31.9 Å². The molecule has 0 saturated heterocycles. The quantitative estimate of drug-likeness (QED) is 0.758. The van der Waals surface area contributed by atoms with Crippen LogP contribution < -0.4 is 15.4 Å². The molecule has 5 heteroatoms. The van der Waals surface area contributed by atoms with Crippen LogP contribution in [0.4, 0.5) is 11.5 Å². The van der Waals surface area contributed by atoms with E-state index in [-0.39, 0.29) is 0 Å². The first-order valence-corrected chi connectivity index (χ1v) is 7.73. The molecule has 0 atom stereocenters. The van der Waals surface area contributed by atoms with E-state index in [1.54, 1.807) is 0 Å². The van der Waals surface area contributed by atoms with Gasteiger partial charge in [-0.1, -0.05) is 13.8 Å². The van der Waals surface area contributed by atoms with Gasteiger partial charge in [-0.2, -0.15) is 4.98 Å². The molecule has 5 nitrogen and oxygen atoms in total. The summed E-state index contributed by atoms with van der Waals surface area (Å²) < 4.78 is 5.71. The number of pyridine rings is 1. The highest BCUT2D eigenvalue weighted by molar-refractivity contribution is 5.54. The van der Waals surface area contributed by atoms with Gasteiger partial charge in [0.25, 0.3) is 0 Å².